The first kappa shape index (κ1) is 31.1. The van der Waals surface area contributed by atoms with Crippen molar-refractivity contribution in [2.45, 2.75) is 19.2 Å². The summed E-state index contributed by atoms with van der Waals surface area (Å²) in [5.74, 6) is 0.0470. The number of ether oxygens (including phenoxy) is 3. The van der Waals surface area contributed by atoms with E-state index in [0.29, 0.717) is 41.0 Å². The number of imidazole rings is 1. The van der Waals surface area contributed by atoms with Crippen molar-refractivity contribution in [3.8, 4) is 22.9 Å². The van der Waals surface area contributed by atoms with Crippen LogP contribution < -0.4 is 14.8 Å². The standard InChI is InChI=1S/C33H29BrClN3O6/c1-42-29-14-12-23(34)18-24(29)31-36-26-17-22(11-13-28(26)38(31)15-16-44-30-10-6-5-9-25(30)35)32(39)37-27(33(40)41)20-43-19-21-7-3-2-4-8-21/h2-14,17-18,27H,15-16,19-20H2,1H3,(H,37,39)(H,40,41). The van der Waals surface area contributed by atoms with Gasteiger partial charge in [-0.05, 0) is 54.1 Å². The van der Waals surface area contributed by atoms with Gasteiger partial charge in [0, 0.05) is 10.0 Å². The Bertz CT molecular complexity index is 1780. The summed E-state index contributed by atoms with van der Waals surface area (Å²) in [6.45, 7) is 0.749. The molecule has 0 aliphatic rings. The highest BCUT2D eigenvalue weighted by Crippen LogP contribution is 2.34. The van der Waals surface area contributed by atoms with E-state index < -0.39 is 17.9 Å². The average molecular weight is 679 g/mol. The van der Waals surface area contributed by atoms with Gasteiger partial charge in [0.15, 0.2) is 6.04 Å². The summed E-state index contributed by atoms with van der Waals surface area (Å²) in [7, 11) is 1.59. The second-order valence-corrected chi connectivity index (χ2v) is 11.1. The van der Waals surface area contributed by atoms with Crippen LogP contribution in [0.3, 0.4) is 0 Å². The highest BCUT2D eigenvalue weighted by molar-refractivity contribution is 9.10. The second kappa shape index (κ2) is 14.4. The van der Waals surface area contributed by atoms with Gasteiger partial charge >= 0.3 is 5.97 Å². The number of nitrogens with zero attached hydrogens (tertiary/aromatic N) is 2. The van der Waals surface area contributed by atoms with E-state index in [1.54, 1.807) is 37.4 Å². The van der Waals surface area contributed by atoms with Gasteiger partial charge in [0.05, 0.1) is 48.5 Å². The van der Waals surface area contributed by atoms with Crippen molar-refractivity contribution < 1.29 is 28.9 Å². The molecule has 0 aliphatic carbocycles. The van der Waals surface area contributed by atoms with Gasteiger partial charge in [-0.2, -0.15) is 0 Å². The lowest BCUT2D eigenvalue weighted by molar-refractivity contribution is -0.141. The van der Waals surface area contributed by atoms with Crippen LogP contribution >= 0.6 is 27.5 Å². The fourth-order valence-electron chi connectivity index (χ4n) is 4.65. The van der Waals surface area contributed by atoms with Crippen LogP contribution in [0.15, 0.2) is 95.5 Å². The Kier molecular flexibility index (Phi) is 10.2. The topological polar surface area (TPSA) is 112 Å². The van der Waals surface area contributed by atoms with E-state index in [-0.39, 0.29) is 18.8 Å². The van der Waals surface area contributed by atoms with E-state index in [1.807, 2.05) is 65.2 Å². The van der Waals surface area contributed by atoms with Crippen LogP contribution in [0.4, 0.5) is 0 Å². The van der Waals surface area contributed by atoms with E-state index in [2.05, 4.69) is 21.2 Å². The van der Waals surface area contributed by atoms with Gasteiger partial charge in [-0.15, -0.1) is 0 Å². The molecule has 9 nitrogen and oxygen atoms in total. The maximum atomic E-state index is 13.2. The minimum Gasteiger partial charge on any atom is -0.496 e. The summed E-state index contributed by atoms with van der Waals surface area (Å²) in [5.41, 5.74) is 3.20. The number of nitrogens with one attached hydrogen (secondary N) is 1. The normalized spacial score (nSPS) is 11.7. The highest BCUT2D eigenvalue weighted by atomic mass is 79.9. The van der Waals surface area contributed by atoms with Crippen LogP contribution in [0.5, 0.6) is 11.5 Å². The molecule has 0 saturated carbocycles. The molecular weight excluding hydrogens is 650 g/mol. The maximum absolute atomic E-state index is 13.2. The summed E-state index contributed by atoms with van der Waals surface area (Å²) in [6, 6.07) is 26.1. The molecular formula is C33H29BrClN3O6. The van der Waals surface area contributed by atoms with Crippen LogP contribution in [0.1, 0.15) is 15.9 Å². The summed E-state index contributed by atoms with van der Waals surface area (Å²) in [6.07, 6.45) is 0. The molecule has 1 aromatic heterocycles. The fraction of sp³-hybridized carbons (Fsp3) is 0.182. The lowest BCUT2D eigenvalue weighted by Gasteiger charge is -2.15. The number of hydrogen-bond acceptors (Lipinski definition) is 6. The van der Waals surface area contributed by atoms with Gasteiger partial charge in [-0.3, -0.25) is 4.79 Å². The number of aliphatic carboxylic acids is 1. The number of carboxylic acids is 1. The quantitative estimate of drug-likeness (QED) is 0.144. The Morgan fingerprint density at radius 1 is 1.00 bits per heavy atom. The number of para-hydroxylation sites is 1. The minimum atomic E-state index is -1.23. The van der Waals surface area contributed by atoms with Gasteiger partial charge in [0.2, 0.25) is 0 Å². The number of carbonyl (C=O) groups is 2. The Morgan fingerprint density at radius 3 is 2.52 bits per heavy atom. The number of carboxylic acid groups (broad SMARTS) is 1. The number of methoxy groups -OCH3 is 1. The van der Waals surface area contributed by atoms with Crippen LogP contribution in [0.2, 0.25) is 5.02 Å². The maximum Gasteiger partial charge on any atom is 0.328 e. The zero-order valence-electron chi connectivity index (χ0n) is 23.7. The van der Waals surface area contributed by atoms with Crippen molar-refractivity contribution >= 4 is 50.4 Å². The smallest absolute Gasteiger partial charge is 0.328 e. The molecule has 0 spiro atoms. The number of rotatable bonds is 13. The number of fused-ring (bicyclic) bond motifs is 1. The number of aromatic nitrogens is 2. The Hall–Kier alpha value is -4.38. The van der Waals surface area contributed by atoms with Gasteiger partial charge in [0.1, 0.15) is 23.9 Å². The van der Waals surface area contributed by atoms with Crippen LogP contribution in [0.25, 0.3) is 22.4 Å². The molecule has 0 bridgehead atoms. The van der Waals surface area contributed by atoms with E-state index in [0.717, 1.165) is 21.1 Å². The Labute approximate surface area is 267 Å². The van der Waals surface area contributed by atoms with E-state index in [1.165, 1.54) is 0 Å². The number of benzene rings is 4. The summed E-state index contributed by atoms with van der Waals surface area (Å²) in [5, 5.41) is 12.8. The van der Waals surface area contributed by atoms with Crippen molar-refractivity contribution in [1.29, 1.82) is 0 Å². The molecule has 5 rings (SSSR count). The molecule has 11 heteroatoms. The third kappa shape index (κ3) is 7.39. The lowest BCUT2D eigenvalue weighted by Crippen LogP contribution is -2.44. The second-order valence-electron chi connectivity index (χ2n) is 9.78. The molecule has 5 aromatic rings. The number of amides is 1. The molecule has 1 atom stereocenters. The van der Waals surface area contributed by atoms with Gasteiger partial charge in [-0.25, -0.2) is 9.78 Å². The molecule has 44 heavy (non-hydrogen) atoms. The lowest BCUT2D eigenvalue weighted by atomic mass is 10.1. The third-order valence-corrected chi connectivity index (χ3v) is 7.63. The summed E-state index contributed by atoms with van der Waals surface area (Å²) < 4.78 is 20.0. The van der Waals surface area contributed by atoms with E-state index >= 15 is 0 Å². The molecule has 0 fully saturated rings. The predicted molar refractivity (Wildman–Crippen MR) is 171 cm³/mol. The molecule has 4 aromatic carbocycles. The van der Waals surface area contributed by atoms with Crippen molar-refractivity contribution in [3.63, 3.8) is 0 Å². The molecule has 1 amide bonds. The molecule has 0 saturated heterocycles. The summed E-state index contributed by atoms with van der Waals surface area (Å²) >= 11 is 9.81. The molecule has 0 aliphatic heterocycles. The average Bonchev–Trinajstić information content (AvgIpc) is 3.39. The zero-order chi connectivity index (χ0) is 31.1. The first-order chi connectivity index (χ1) is 21.3. The number of halogens is 2. The molecule has 2 N–H and O–H groups in total. The predicted octanol–water partition coefficient (Wildman–Crippen LogP) is 6.61. The highest BCUT2D eigenvalue weighted by Gasteiger charge is 2.23. The third-order valence-electron chi connectivity index (χ3n) is 6.82. The summed E-state index contributed by atoms with van der Waals surface area (Å²) in [4.78, 5) is 29.9. The SMILES string of the molecule is COc1ccc(Br)cc1-c1nc2cc(C(=O)NC(COCc3ccccc3)C(=O)O)ccc2n1CCOc1ccccc1Cl. The van der Waals surface area contributed by atoms with Gasteiger partial charge in [0.25, 0.3) is 5.91 Å². The van der Waals surface area contributed by atoms with Crippen LogP contribution in [0, 0.1) is 0 Å². The molecule has 0 radical (unpaired) electrons. The number of hydrogen-bond donors (Lipinski definition) is 2. The van der Waals surface area contributed by atoms with Crippen molar-refractivity contribution in [1.82, 2.24) is 14.9 Å². The first-order valence-electron chi connectivity index (χ1n) is 13.7. The minimum absolute atomic E-state index is 0.189. The van der Waals surface area contributed by atoms with E-state index in [9.17, 15) is 14.7 Å². The van der Waals surface area contributed by atoms with Crippen molar-refractivity contribution in [3.05, 3.63) is 112 Å². The zero-order valence-corrected chi connectivity index (χ0v) is 26.0. The van der Waals surface area contributed by atoms with Crippen LogP contribution in [-0.2, 0) is 22.7 Å². The number of carbonyl (C=O) groups excluding carboxylic acids is 1. The van der Waals surface area contributed by atoms with Crippen LogP contribution in [-0.4, -0.2) is 52.9 Å². The molecule has 1 unspecified atom stereocenters. The van der Waals surface area contributed by atoms with E-state index in [4.69, 9.17) is 30.8 Å². The van der Waals surface area contributed by atoms with Crippen molar-refractivity contribution in [2.75, 3.05) is 20.3 Å². The van der Waals surface area contributed by atoms with Crippen molar-refractivity contribution in [2.24, 2.45) is 0 Å². The molecule has 1 heterocycles. The monoisotopic (exact) mass is 677 g/mol. The Morgan fingerprint density at radius 2 is 1.77 bits per heavy atom. The Balaban J connectivity index is 1.40. The first-order valence-corrected chi connectivity index (χ1v) is 14.9. The van der Waals surface area contributed by atoms with Gasteiger partial charge < -0.3 is 29.2 Å². The fourth-order valence-corrected chi connectivity index (χ4v) is 5.20. The largest absolute Gasteiger partial charge is 0.496 e. The van der Waals surface area contributed by atoms with Gasteiger partial charge in [-0.1, -0.05) is 70.0 Å². The molecule has 226 valence electrons.